The molecule has 1 aliphatic carbocycles. The average Bonchev–Trinajstić information content (AvgIpc) is 3.26. The van der Waals surface area contributed by atoms with Gasteiger partial charge < -0.3 is 14.4 Å². The predicted molar refractivity (Wildman–Crippen MR) is 69.2 cm³/mol. The number of aliphatic hydroxyl groups excluding tert-OH is 1. The fourth-order valence-electron chi connectivity index (χ4n) is 1.89. The van der Waals surface area contributed by atoms with Crippen LogP contribution < -0.4 is 10.3 Å². The molecule has 19 heavy (non-hydrogen) atoms. The van der Waals surface area contributed by atoms with Crippen molar-refractivity contribution in [1.29, 1.82) is 0 Å². The topological polar surface area (TPSA) is 64.3 Å². The minimum Gasteiger partial charge on any atom is -0.435 e. The number of hydrogen-bond acceptors (Lipinski definition) is 4. The lowest BCUT2D eigenvalue weighted by Crippen LogP contribution is -2.20. The first-order chi connectivity index (χ1) is 9.28. The molecule has 1 aromatic carbocycles. The number of hydrogen-bond donors (Lipinski definition) is 1. The quantitative estimate of drug-likeness (QED) is 0.909. The second-order valence-electron chi connectivity index (χ2n) is 4.58. The molecule has 0 aliphatic heterocycles. The molecule has 1 fully saturated rings. The van der Waals surface area contributed by atoms with Gasteiger partial charge in [-0.1, -0.05) is 12.1 Å². The number of nitrogens with zero attached hydrogens (tertiary/aromatic N) is 2. The molecule has 1 N–H and O–H groups in total. The third kappa shape index (κ3) is 2.51. The molecule has 98 valence electrons. The Morgan fingerprint density at radius 3 is 2.68 bits per heavy atom. The van der Waals surface area contributed by atoms with Crippen LogP contribution in [0.3, 0.4) is 0 Å². The average molecular weight is 258 g/mol. The van der Waals surface area contributed by atoms with Crippen LogP contribution in [0.15, 0.2) is 41.5 Å². The molecule has 5 nitrogen and oxygen atoms in total. The highest BCUT2D eigenvalue weighted by Gasteiger charge is 2.25. The molecule has 0 amide bonds. The van der Waals surface area contributed by atoms with Crippen molar-refractivity contribution in [1.82, 2.24) is 9.55 Å². The molecule has 0 spiro atoms. The van der Waals surface area contributed by atoms with Gasteiger partial charge in [0.1, 0.15) is 5.75 Å². The molecule has 0 saturated heterocycles. The maximum absolute atomic E-state index is 12.1. The van der Waals surface area contributed by atoms with Gasteiger partial charge in [-0.15, -0.1) is 0 Å². The Balaban J connectivity index is 1.86. The van der Waals surface area contributed by atoms with Crippen LogP contribution in [0, 0.1) is 0 Å². The van der Waals surface area contributed by atoms with Crippen molar-refractivity contribution in [3.63, 3.8) is 0 Å². The molecule has 1 saturated carbocycles. The van der Waals surface area contributed by atoms with Gasteiger partial charge in [-0.3, -0.25) is 4.79 Å². The number of aliphatic hydroxyl groups is 1. The van der Waals surface area contributed by atoms with Crippen molar-refractivity contribution in [2.45, 2.75) is 25.5 Å². The Bertz CT molecular complexity index is 630. The molecule has 1 aromatic heterocycles. The Hall–Kier alpha value is -2.14. The summed E-state index contributed by atoms with van der Waals surface area (Å²) in [6, 6.07) is 7.21. The van der Waals surface area contributed by atoms with E-state index in [1.165, 1.54) is 0 Å². The Kier molecular flexibility index (Phi) is 3.05. The van der Waals surface area contributed by atoms with E-state index in [4.69, 9.17) is 9.84 Å². The summed E-state index contributed by atoms with van der Waals surface area (Å²) in [5, 5.41) is 8.96. The molecular weight excluding hydrogens is 244 g/mol. The molecule has 0 bridgehead atoms. The van der Waals surface area contributed by atoms with E-state index in [0.29, 0.717) is 11.8 Å². The minimum atomic E-state index is -0.198. The van der Waals surface area contributed by atoms with Gasteiger partial charge in [-0.2, -0.15) is 0 Å². The fourth-order valence-corrected chi connectivity index (χ4v) is 1.89. The van der Waals surface area contributed by atoms with Crippen LogP contribution in [0.5, 0.6) is 11.6 Å². The number of ether oxygens (including phenoxy) is 1. The van der Waals surface area contributed by atoms with Crippen molar-refractivity contribution >= 4 is 0 Å². The minimum absolute atomic E-state index is 0.0155. The van der Waals surface area contributed by atoms with Crippen LogP contribution in [0.2, 0.25) is 0 Å². The molecule has 2 aromatic rings. The van der Waals surface area contributed by atoms with E-state index >= 15 is 0 Å². The lowest BCUT2D eigenvalue weighted by molar-refractivity contribution is 0.281. The van der Waals surface area contributed by atoms with Crippen LogP contribution in [0.1, 0.15) is 24.4 Å². The Morgan fingerprint density at radius 2 is 2.05 bits per heavy atom. The summed E-state index contributed by atoms with van der Waals surface area (Å²) >= 11 is 0. The molecule has 0 atom stereocenters. The smallest absolute Gasteiger partial charge is 0.313 e. The van der Waals surface area contributed by atoms with E-state index in [1.807, 2.05) is 0 Å². The molecule has 1 heterocycles. The predicted octanol–water partition coefficient (Wildman–Crippen LogP) is 1.86. The van der Waals surface area contributed by atoms with E-state index in [2.05, 4.69) is 4.98 Å². The summed E-state index contributed by atoms with van der Waals surface area (Å²) in [5.74, 6) is 0.626. The monoisotopic (exact) mass is 258 g/mol. The zero-order valence-corrected chi connectivity index (χ0v) is 10.3. The van der Waals surface area contributed by atoms with Crippen LogP contribution in [-0.4, -0.2) is 14.7 Å². The molecule has 5 heteroatoms. The van der Waals surface area contributed by atoms with Crippen molar-refractivity contribution in [3.8, 4) is 11.6 Å². The SMILES string of the molecule is O=c1c(Oc2ccc(CO)cc2)nccn1C1CC1. The second kappa shape index (κ2) is 4.85. The molecular formula is C14H14N2O3. The lowest BCUT2D eigenvalue weighted by Gasteiger charge is -2.07. The maximum atomic E-state index is 12.1. The number of rotatable bonds is 4. The largest absolute Gasteiger partial charge is 0.435 e. The van der Waals surface area contributed by atoms with E-state index in [-0.39, 0.29) is 18.0 Å². The second-order valence-corrected chi connectivity index (χ2v) is 4.58. The first kappa shape index (κ1) is 11.9. The molecule has 1 aliphatic rings. The first-order valence-corrected chi connectivity index (χ1v) is 6.23. The van der Waals surface area contributed by atoms with E-state index in [1.54, 1.807) is 41.2 Å². The zero-order chi connectivity index (χ0) is 13.2. The van der Waals surface area contributed by atoms with Gasteiger partial charge in [0, 0.05) is 18.4 Å². The third-order valence-corrected chi connectivity index (χ3v) is 3.10. The van der Waals surface area contributed by atoms with Crippen molar-refractivity contribution in [3.05, 3.63) is 52.6 Å². The summed E-state index contributed by atoms with van der Waals surface area (Å²) in [6.07, 6.45) is 5.35. The normalized spacial score (nSPS) is 14.4. The first-order valence-electron chi connectivity index (χ1n) is 6.23. The number of benzene rings is 1. The van der Waals surface area contributed by atoms with Crippen molar-refractivity contribution in [2.24, 2.45) is 0 Å². The molecule has 0 unspecified atom stereocenters. The van der Waals surface area contributed by atoms with Crippen molar-refractivity contribution in [2.75, 3.05) is 0 Å². The molecule has 0 radical (unpaired) electrons. The summed E-state index contributed by atoms with van der Waals surface area (Å²) in [6.45, 7) is -0.0155. The van der Waals surface area contributed by atoms with Crippen LogP contribution in [0.4, 0.5) is 0 Å². The highest BCUT2D eigenvalue weighted by Crippen LogP contribution is 2.33. The van der Waals surface area contributed by atoms with Crippen LogP contribution in [0.25, 0.3) is 0 Å². The van der Waals surface area contributed by atoms with Gasteiger partial charge in [0.05, 0.1) is 6.61 Å². The van der Waals surface area contributed by atoms with E-state index in [9.17, 15) is 4.79 Å². The summed E-state index contributed by atoms with van der Waals surface area (Å²) < 4.78 is 7.17. The van der Waals surface area contributed by atoms with Gasteiger partial charge in [0.25, 0.3) is 5.88 Å². The van der Waals surface area contributed by atoms with E-state index in [0.717, 1.165) is 18.4 Å². The van der Waals surface area contributed by atoms with E-state index < -0.39 is 0 Å². The van der Waals surface area contributed by atoms with Gasteiger partial charge in [0.15, 0.2) is 0 Å². The van der Waals surface area contributed by atoms with Gasteiger partial charge in [0.2, 0.25) is 0 Å². The zero-order valence-electron chi connectivity index (χ0n) is 10.3. The maximum Gasteiger partial charge on any atom is 0.313 e. The highest BCUT2D eigenvalue weighted by molar-refractivity contribution is 5.29. The lowest BCUT2D eigenvalue weighted by atomic mass is 10.2. The molecule has 3 rings (SSSR count). The summed E-state index contributed by atoms with van der Waals surface area (Å²) in [7, 11) is 0. The Labute approximate surface area is 110 Å². The Morgan fingerprint density at radius 1 is 1.32 bits per heavy atom. The summed E-state index contributed by atoms with van der Waals surface area (Å²) in [5.41, 5.74) is 0.597. The van der Waals surface area contributed by atoms with Gasteiger partial charge >= 0.3 is 5.56 Å². The number of aromatic nitrogens is 2. The third-order valence-electron chi connectivity index (χ3n) is 3.10. The van der Waals surface area contributed by atoms with Gasteiger partial charge in [-0.05, 0) is 30.5 Å². The standard InChI is InChI=1S/C14H14N2O3/c17-9-10-1-5-12(6-2-10)19-13-14(18)16(8-7-15-13)11-3-4-11/h1-2,5-8,11,17H,3-4,9H2. The fraction of sp³-hybridized carbons (Fsp3) is 0.286. The van der Waals surface area contributed by atoms with Crippen LogP contribution >= 0.6 is 0 Å². The summed E-state index contributed by atoms with van der Waals surface area (Å²) in [4.78, 5) is 16.1. The highest BCUT2D eigenvalue weighted by atomic mass is 16.5. The van der Waals surface area contributed by atoms with Crippen LogP contribution in [-0.2, 0) is 6.61 Å². The van der Waals surface area contributed by atoms with Gasteiger partial charge in [-0.25, -0.2) is 4.98 Å². The van der Waals surface area contributed by atoms with Crippen molar-refractivity contribution < 1.29 is 9.84 Å².